The zero-order valence-corrected chi connectivity index (χ0v) is 10.8. The number of aliphatic imine (C=N–C) groups is 1. The predicted octanol–water partition coefficient (Wildman–Crippen LogP) is -0.693. The average Bonchev–Trinajstić information content (AvgIpc) is 2.31. The molecule has 0 fully saturated rings. The molecule has 0 saturated heterocycles. The Hall–Kier alpha value is -1.67. The summed E-state index contributed by atoms with van der Waals surface area (Å²) in [6.45, 7) is 1.74. The van der Waals surface area contributed by atoms with Crippen molar-refractivity contribution in [2.75, 3.05) is 19.6 Å². The van der Waals surface area contributed by atoms with Crippen molar-refractivity contribution < 1.29 is 8.42 Å². The highest BCUT2D eigenvalue weighted by molar-refractivity contribution is 7.89. The van der Waals surface area contributed by atoms with Gasteiger partial charge >= 0.3 is 0 Å². The normalized spacial score (nSPS) is 16.8. The summed E-state index contributed by atoms with van der Waals surface area (Å²) in [6, 6.07) is 3.88. The van der Waals surface area contributed by atoms with Gasteiger partial charge in [0, 0.05) is 18.9 Å². The van der Waals surface area contributed by atoms with Crippen LogP contribution in [0.4, 0.5) is 0 Å². The predicted molar refractivity (Wildman–Crippen MR) is 68.1 cm³/mol. The maximum atomic E-state index is 11.0. The lowest BCUT2D eigenvalue weighted by Crippen LogP contribution is -2.49. The molecule has 0 radical (unpaired) electrons. The Labute approximate surface area is 106 Å². The largest absolute Gasteiger partial charge is 0.343 e. The summed E-state index contributed by atoms with van der Waals surface area (Å²) in [5.74, 6) is 0.295. The third-order valence-corrected chi connectivity index (χ3v) is 2.90. The monoisotopic (exact) mass is 269 g/mol. The fourth-order valence-electron chi connectivity index (χ4n) is 1.56. The lowest BCUT2D eigenvalue weighted by atomic mass is 10.2. The molecule has 1 aromatic heterocycles. The Kier molecular flexibility index (Phi) is 3.78. The first-order valence-electron chi connectivity index (χ1n) is 5.40. The van der Waals surface area contributed by atoms with Crippen LogP contribution in [0.2, 0.25) is 0 Å². The Morgan fingerprint density at radius 2 is 2.17 bits per heavy atom. The number of nitrogens with zero attached hydrogens (tertiary/aromatic N) is 3. The number of hydrogen-bond donors (Lipinski definition) is 2. The maximum absolute atomic E-state index is 11.0. The van der Waals surface area contributed by atoms with Gasteiger partial charge in [0.15, 0.2) is 0 Å². The van der Waals surface area contributed by atoms with Crippen molar-refractivity contribution in [3.05, 3.63) is 30.1 Å². The van der Waals surface area contributed by atoms with E-state index in [-0.39, 0.29) is 0 Å². The minimum absolute atomic E-state index is 0.295. The number of rotatable bonds is 3. The third kappa shape index (κ3) is 3.97. The molecule has 2 rings (SSSR count). The summed E-state index contributed by atoms with van der Waals surface area (Å²) in [5.41, 5.74) is 1.14. The van der Waals surface area contributed by atoms with E-state index in [4.69, 9.17) is 0 Å². The molecular formula is C10H15N5O2S. The van der Waals surface area contributed by atoms with Crippen LogP contribution in [0.3, 0.4) is 0 Å². The van der Waals surface area contributed by atoms with E-state index in [1.165, 1.54) is 0 Å². The molecule has 0 amide bonds. The first-order chi connectivity index (χ1) is 8.53. The lowest BCUT2D eigenvalue weighted by molar-refractivity contribution is 0.255. The molecule has 0 spiro atoms. The van der Waals surface area contributed by atoms with Crippen molar-refractivity contribution >= 4 is 16.0 Å². The molecule has 0 bridgehead atoms. The van der Waals surface area contributed by atoms with E-state index in [1.807, 2.05) is 17.0 Å². The van der Waals surface area contributed by atoms with Crippen LogP contribution in [-0.2, 0) is 16.6 Å². The van der Waals surface area contributed by atoms with E-state index in [0.717, 1.165) is 18.4 Å². The summed E-state index contributed by atoms with van der Waals surface area (Å²) in [7, 11) is -3.27. The maximum Gasteiger partial charge on any atom is 0.232 e. The summed E-state index contributed by atoms with van der Waals surface area (Å²) >= 11 is 0. The third-order valence-electron chi connectivity index (χ3n) is 2.34. The number of sulfonamides is 1. The second-order valence-electron chi connectivity index (χ2n) is 4.04. The second kappa shape index (κ2) is 5.32. The SMILES string of the molecule is CS(=O)(=O)NC1=NCN(Cc2ccncc2)CN1. The Bertz CT molecular complexity index is 528. The lowest BCUT2D eigenvalue weighted by Gasteiger charge is -2.26. The number of guanidine groups is 1. The van der Waals surface area contributed by atoms with Crippen LogP contribution < -0.4 is 10.0 Å². The van der Waals surface area contributed by atoms with Gasteiger partial charge in [-0.3, -0.25) is 14.6 Å². The van der Waals surface area contributed by atoms with Crippen molar-refractivity contribution in [1.29, 1.82) is 0 Å². The molecule has 2 heterocycles. The highest BCUT2D eigenvalue weighted by Gasteiger charge is 2.14. The van der Waals surface area contributed by atoms with E-state index in [1.54, 1.807) is 12.4 Å². The van der Waals surface area contributed by atoms with Crippen molar-refractivity contribution in [3.63, 3.8) is 0 Å². The highest BCUT2D eigenvalue weighted by Crippen LogP contribution is 2.03. The van der Waals surface area contributed by atoms with Crippen molar-refractivity contribution in [2.24, 2.45) is 4.99 Å². The molecule has 1 aromatic rings. The zero-order valence-electron chi connectivity index (χ0n) is 10.00. The van der Waals surface area contributed by atoms with Gasteiger partial charge in [-0.2, -0.15) is 0 Å². The summed E-state index contributed by atoms with van der Waals surface area (Å²) in [4.78, 5) is 10.1. The number of hydrogen-bond acceptors (Lipinski definition) is 6. The summed E-state index contributed by atoms with van der Waals surface area (Å²) in [5, 5.41) is 2.92. The van der Waals surface area contributed by atoms with Crippen LogP contribution in [0.25, 0.3) is 0 Å². The molecule has 0 aromatic carbocycles. The Morgan fingerprint density at radius 3 is 2.72 bits per heavy atom. The fraction of sp³-hybridized carbons (Fsp3) is 0.400. The summed E-state index contributed by atoms with van der Waals surface area (Å²) in [6.07, 6.45) is 4.58. The zero-order chi connectivity index (χ0) is 13.0. The van der Waals surface area contributed by atoms with Gasteiger partial charge in [0.1, 0.15) is 0 Å². The molecule has 1 aliphatic rings. The van der Waals surface area contributed by atoms with Crippen molar-refractivity contribution in [1.82, 2.24) is 19.9 Å². The molecule has 8 heteroatoms. The molecule has 98 valence electrons. The molecule has 0 atom stereocenters. The van der Waals surface area contributed by atoms with Gasteiger partial charge in [-0.25, -0.2) is 13.4 Å². The molecule has 0 saturated carbocycles. The molecule has 0 aliphatic carbocycles. The van der Waals surface area contributed by atoms with Crippen LogP contribution in [-0.4, -0.2) is 43.9 Å². The standard InChI is InChI=1S/C10H15N5O2S/c1-18(16,17)14-10-12-7-15(8-13-10)6-9-2-4-11-5-3-9/h2-5H,6-8H2,1H3,(H2,12,13,14). The minimum atomic E-state index is -3.27. The van der Waals surface area contributed by atoms with Crippen LogP contribution in [0.5, 0.6) is 0 Å². The van der Waals surface area contributed by atoms with Gasteiger partial charge in [-0.15, -0.1) is 0 Å². The highest BCUT2D eigenvalue weighted by atomic mass is 32.2. The van der Waals surface area contributed by atoms with Gasteiger partial charge < -0.3 is 5.32 Å². The van der Waals surface area contributed by atoms with Gasteiger partial charge in [0.2, 0.25) is 16.0 Å². The quantitative estimate of drug-likeness (QED) is 0.758. The smallest absolute Gasteiger partial charge is 0.232 e. The van der Waals surface area contributed by atoms with Crippen LogP contribution in [0, 0.1) is 0 Å². The Balaban J connectivity index is 1.90. The van der Waals surface area contributed by atoms with E-state index in [9.17, 15) is 8.42 Å². The molecule has 2 N–H and O–H groups in total. The second-order valence-corrected chi connectivity index (χ2v) is 5.79. The Morgan fingerprint density at radius 1 is 1.44 bits per heavy atom. The van der Waals surface area contributed by atoms with Crippen LogP contribution >= 0.6 is 0 Å². The topological polar surface area (TPSA) is 86.7 Å². The first-order valence-corrected chi connectivity index (χ1v) is 7.29. The molecular weight excluding hydrogens is 254 g/mol. The number of pyridine rings is 1. The van der Waals surface area contributed by atoms with E-state index in [2.05, 4.69) is 20.0 Å². The fourth-order valence-corrected chi connectivity index (χ4v) is 2.05. The van der Waals surface area contributed by atoms with Gasteiger partial charge in [-0.05, 0) is 17.7 Å². The number of aromatic nitrogens is 1. The van der Waals surface area contributed by atoms with E-state index in [0.29, 0.717) is 19.3 Å². The summed E-state index contributed by atoms with van der Waals surface area (Å²) < 4.78 is 24.4. The average molecular weight is 269 g/mol. The van der Waals surface area contributed by atoms with Crippen molar-refractivity contribution in [3.8, 4) is 0 Å². The van der Waals surface area contributed by atoms with Gasteiger partial charge in [0.05, 0.1) is 19.6 Å². The van der Waals surface area contributed by atoms with Crippen LogP contribution in [0.15, 0.2) is 29.5 Å². The molecule has 1 aliphatic heterocycles. The van der Waals surface area contributed by atoms with E-state index < -0.39 is 10.0 Å². The van der Waals surface area contributed by atoms with E-state index >= 15 is 0 Å². The van der Waals surface area contributed by atoms with Gasteiger partial charge in [-0.1, -0.05) is 0 Å². The molecule has 0 unspecified atom stereocenters. The molecule has 7 nitrogen and oxygen atoms in total. The van der Waals surface area contributed by atoms with Gasteiger partial charge in [0.25, 0.3) is 0 Å². The first kappa shape index (κ1) is 12.8. The van der Waals surface area contributed by atoms with Crippen molar-refractivity contribution in [2.45, 2.75) is 6.54 Å². The van der Waals surface area contributed by atoms with Crippen LogP contribution in [0.1, 0.15) is 5.56 Å². The number of nitrogens with one attached hydrogen (secondary N) is 2. The molecule has 18 heavy (non-hydrogen) atoms. The minimum Gasteiger partial charge on any atom is -0.343 e.